The summed E-state index contributed by atoms with van der Waals surface area (Å²) in [6.07, 6.45) is 9.16. The highest BCUT2D eigenvalue weighted by Crippen LogP contribution is 2.23. The maximum Gasteiger partial charge on any atom is 0.0453 e. The molecule has 0 amide bonds. The summed E-state index contributed by atoms with van der Waals surface area (Å²) in [6, 6.07) is 7.36. The molecular formula is C18H27ClN2. The Labute approximate surface area is 133 Å². The van der Waals surface area contributed by atoms with Crippen LogP contribution in [0.5, 0.6) is 0 Å². The first-order valence-corrected chi connectivity index (χ1v) is 8.92. The second-order valence-corrected chi connectivity index (χ2v) is 7.02. The van der Waals surface area contributed by atoms with E-state index >= 15 is 0 Å². The van der Waals surface area contributed by atoms with Crippen molar-refractivity contribution in [2.24, 2.45) is 0 Å². The molecule has 0 spiro atoms. The predicted molar refractivity (Wildman–Crippen MR) is 89.9 cm³/mol. The van der Waals surface area contributed by atoms with Crippen molar-refractivity contribution in [3.05, 3.63) is 34.3 Å². The molecule has 2 aliphatic rings. The van der Waals surface area contributed by atoms with E-state index in [0.29, 0.717) is 6.04 Å². The van der Waals surface area contributed by atoms with Crippen LogP contribution in [-0.2, 0) is 13.0 Å². The second kappa shape index (κ2) is 7.62. The van der Waals surface area contributed by atoms with Crippen LogP contribution in [0.2, 0.25) is 5.02 Å². The molecule has 116 valence electrons. The summed E-state index contributed by atoms with van der Waals surface area (Å²) in [4.78, 5) is 2.53. The van der Waals surface area contributed by atoms with E-state index in [1.807, 2.05) is 0 Å². The van der Waals surface area contributed by atoms with E-state index in [0.717, 1.165) is 18.0 Å². The standard InChI is InChI=1S/C18H27ClN2/c19-18-13-15(12-17-6-2-3-9-20-17)7-8-16(18)14-21-10-4-1-5-11-21/h7-8,13,17,20H,1-6,9-12,14H2. The fraction of sp³-hybridized carbons (Fsp3) is 0.667. The molecule has 0 radical (unpaired) electrons. The molecule has 2 saturated heterocycles. The maximum absolute atomic E-state index is 6.52. The maximum atomic E-state index is 6.52. The van der Waals surface area contributed by atoms with Crippen molar-refractivity contribution in [2.75, 3.05) is 19.6 Å². The van der Waals surface area contributed by atoms with E-state index < -0.39 is 0 Å². The zero-order chi connectivity index (χ0) is 14.5. The van der Waals surface area contributed by atoms with E-state index in [4.69, 9.17) is 11.6 Å². The predicted octanol–water partition coefficient (Wildman–Crippen LogP) is 4.01. The molecule has 1 aromatic rings. The Hall–Kier alpha value is -0.570. The van der Waals surface area contributed by atoms with Gasteiger partial charge in [-0.05, 0) is 68.9 Å². The van der Waals surface area contributed by atoms with Crippen molar-refractivity contribution < 1.29 is 0 Å². The molecule has 2 heterocycles. The topological polar surface area (TPSA) is 15.3 Å². The molecule has 2 aliphatic heterocycles. The van der Waals surface area contributed by atoms with Crippen LogP contribution >= 0.6 is 11.6 Å². The van der Waals surface area contributed by atoms with Gasteiger partial charge in [-0.15, -0.1) is 0 Å². The Morgan fingerprint density at radius 1 is 1.10 bits per heavy atom. The van der Waals surface area contributed by atoms with Gasteiger partial charge >= 0.3 is 0 Å². The molecule has 2 nitrogen and oxygen atoms in total. The van der Waals surface area contributed by atoms with Gasteiger partial charge in [0.1, 0.15) is 0 Å². The Morgan fingerprint density at radius 2 is 1.95 bits per heavy atom. The lowest BCUT2D eigenvalue weighted by Gasteiger charge is -2.27. The summed E-state index contributed by atoms with van der Waals surface area (Å²) < 4.78 is 0. The number of nitrogens with zero attached hydrogens (tertiary/aromatic N) is 1. The molecule has 1 unspecified atom stereocenters. The van der Waals surface area contributed by atoms with Crippen molar-refractivity contribution in [3.8, 4) is 0 Å². The van der Waals surface area contributed by atoms with Crippen LogP contribution in [-0.4, -0.2) is 30.6 Å². The highest BCUT2D eigenvalue weighted by molar-refractivity contribution is 6.31. The van der Waals surface area contributed by atoms with Gasteiger partial charge in [0, 0.05) is 17.6 Å². The van der Waals surface area contributed by atoms with Crippen molar-refractivity contribution in [3.63, 3.8) is 0 Å². The fourth-order valence-corrected chi connectivity index (χ4v) is 3.85. The van der Waals surface area contributed by atoms with Crippen molar-refractivity contribution in [1.29, 1.82) is 0 Å². The van der Waals surface area contributed by atoms with Gasteiger partial charge in [0.2, 0.25) is 0 Å². The van der Waals surface area contributed by atoms with Gasteiger partial charge in [-0.1, -0.05) is 36.6 Å². The third-order valence-corrected chi connectivity index (χ3v) is 5.21. The van der Waals surface area contributed by atoms with Gasteiger partial charge in [0.25, 0.3) is 0 Å². The summed E-state index contributed by atoms with van der Waals surface area (Å²) in [6.45, 7) is 4.64. The van der Waals surface area contributed by atoms with E-state index in [1.165, 1.54) is 69.3 Å². The van der Waals surface area contributed by atoms with Crippen LogP contribution in [0.1, 0.15) is 49.7 Å². The molecular weight excluding hydrogens is 280 g/mol. The Bertz CT molecular complexity index is 449. The van der Waals surface area contributed by atoms with Gasteiger partial charge < -0.3 is 5.32 Å². The zero-order valence-corrected chi connectivity index (χ0v) is 13.7. The van der Waals surface area contributed by atoms with Gasteiger partial charge in [-0.25, -0.2) is 0 Å². The van der Waals surface area contributed by atoms with Crippen LogP contribution in [0.25, 0.3) is 0 Å². The van der Waals surface area contributed by atoms with E-state index in [-0.39, 0.29) is 0 Å². The Morgan fingerprint density at radius 3 is 2.67 bits per heavy atom. The minimum absolute atomic E-state index is 0.641. The molecule has 3 rings (SSSR count). The summed E-state index contributed by atoms with van der Waals surface area (Å²) in [7, 11) is 0. The number of nitrogens with one attached hydrogen (secondary N) is 1. The largest absolute Gasteiger partial charge is 0.314 e. The molecule has 21 heavy (non-hydrogen) atoms. The molecule has 0 saturated carbocycles. The third kappa shape index (κ3) is 4.45. The fourth-order valence-electron chi connectivity index (χ4n) is 3.59. The van der Waals surface area contributed by atoms with Gasteiger partial charge in [0.15, 0.2) is 0 Å². The lowest BCUT2D eigenvalue weighted by Crippen LogP contribution is -2.35. The first kappa shape index (κ1) is 15.3. The van der Waals surface area contributed by atoms with Crippen LogP contribution in [0.4, 0.5) is 0 Å². The van der Waals surface area contributed by atoms with Crippen LogP contribution in [0, 0.1) is 0 Å². The van der Waals surface area contributed by atoms with Gasteiger partial charge in [0.05, 0.1) is 0 Å². The molecule has 0 aliphatic carbocycles. The molecule has 1 aromatic carbocycles. The lowest BCUT2D eigenvalue weighted by molar-refractivity contribution is 0.221. The van der Waals surface area contributed by atoms with E-state index in [2.05, 4.69) is 28.4 Å². The number of halogens is 1. The first-order valence-electron chi connectivity index (χ1n) is 8.54. The first-order chi connectivity index (χ1) is 10.3. The molecule has 0 bridgehead atoms. The highest BCUT2D eigenvalue weighted by atomic mass is 35.5. The number of benzene rings is 1. The Kier molecular flexibility index (Phi) is 5.56. The van der Waals surface area contributed by atoms with Crippen molar-refractivity contribution in [2.45, 2.75) is 57.5 Å². The SMILES string of the molecule is Clc1cc(CC2CCCCN2)ccc1CN1CCCCC1. The van der Waals surface area contributed by atoms with Crippen LogP contribution < -0.4 is 5.32 Å². The molecule has 3 heteroatoms. The summed E-state index contributed by atoms with van der Waals surface area (Å²) in [5.41, 5.74) is 2.67. The second-order valence-electron chi connectivity index (χ2n) is 6.61. The number of hydrogen-bond acceptors (Lipinski definition) is 2. The summed E-state index contributed by atoms with van der Waals surface area (Å²) in [5.74, 6) is 0. The quantitative estimate of drug-likeness (QED) is 0.904. The van der Waals surface area contributed by atoms with E-state index in [1.54, 1.807) is 0 Å². The van der Waals surface area contributed by atoms with Gasteiger partial charge in [-0.2, -0.15) is 0 Å². The minimum atomic E-state index is 0.641. The molecule has 1 N–H and O–H groups in total. The monoisotopic (exact) mass is 306 g/mol. The number of hydrogen-bond donors (Lipinski definition) is 1. The van der Waals surface area contributed by atoms with Gasteiger partial charge in [-0.3, -0.25) is 4.90 Å². The number of piperidine rings is 2. The average Bonchev–Trinajstić information content (AvgIpc) is 2.52. The zero-order valence-electron chi connectivity index (χ0n) is 12.9. The minimum Gasteiger partial charge on any atom is -0.314 e. The smallest absolute Gasteiger partial charge is 0.0453 e. The normalized spacial score (nSPS) is 24.1. The van der Waals surface area contributed by atoms with E-state index in [9.17, 15) is 0 Å². The molecule has 0 aromatic heterocycles. The summed E-state index contributed by atoms with van der Waals surface area (Å²) in [5, 5.41) is 4.57. The van der Waals surface area contributed by atoms with Crippen molar-refractivity contribution >= 4 is 11.6 Å². The Balaban J connectivity index is 1.59. The third-order valence-electron chi connectivity index (χ3n) is 4.85. The number of rotatable bonds is 4. The van der Waals surface area contributed by atoms with Crippen molar-refractivity contribution in [1.82, 2.24) is 10.2 Å². The van der Waals surface area contributed by atoms with Crippen LogP contribution in [0.15, 0.2) is 18.2 Å². The average molecular weight is 307 g/mol. The lowest BCUT2D eigenvalue weighted by atomic mass is 9.97. The molecule has 2 fully saturated rings. The summed E-state index contributed by atoms with van der Waals surface area (Å²) >= 11 is 6.52. The highest BCUT2D eigenvalue weighted by Gasteiger charge is 2.15. The van der Waals surface area contributed by atoms with Crippen LogP contribution in [0.3, 0.4) is 0 Å². The number of likely N-dealkylation sites (tertiary alicyclic amines) is 1. The molecule has 1 atom stereocenters.